The first-order valence-corrected chi connectivity index (χ1v) is 8.33. The van der Waals surface area contributed by atoms with Crippen LogP contribution in [0.4, 0.5) is 0 Å². The van der Waals surface area contributed by atoms with Crippen LogP contribution in [0.3, 0.4) is 0 Å². The molecule has 1 heterocycles. The summed E-state index contributed by atoms with van der Waals surface area (Å²) >= 11 is 0. The molecule has 1 atom stereocenters. The zero-order valence-electron chi connectivity index (χ0n) is 14.0. The minimum absolute atomic E-state index is 0.000714. The van der Waals surface area contributed by atoms with Crippen molar-refractivity contribution in [1.29, 1.82) is 0 Å². The molecule has 5 heteroatoms. The third-order valence-electron chi connectivity index (χ3n) is 4.25. The second kappa shape index (κ2) is 8.67. The highest BCUT2D eigenvalue weighted by Gasteiger charge is 2.26. The third kappa shape index (κ3) is 5.36. The Morgan fingerprint density at radius 3 is 2.52 bits per heavy atom. The summed E-state index contributed by atoms with van der Waals surface area (Å²) in [6, 6.07) is 9.92. The zero-order valence-corrected chi connectivity index (χ0v) is 14.0. The Morgan fingerprint density at radius 2 is 1.91 bits per heavy atom. The Morgan fingerprint density at radius 1 is 1.26 bits per heavy atom. The van der Waals surface area contributed by atoms with E-state index in [0.29, 0.717) is 13.2 Å². The van der Waals surface area contributed by atoms with Crippen LogP contribution in [-0.2, 0) is 14.3 Å². The van der Waals surface area contributed by atoms with E-state index < -0.39 is 0 Å². The number of carbonyl (C=O) groups excluding carboxylic acids is 2. The summed E-state index contributed by atoms with van der Waals surface area (Å²) in [5, 5.41) is 3.03. The van der Waals surface area contributed by atoms with Gasteiger partial charge in [-0.15, -0.1) is 0 Å². The molecule has 1 unspecified atom stereocenters. The van der Waals surface area contributed by atoms with E-state index in [2.05, 4.69) is 10.2 Å². The van der Waals surface area contributed by atoms with Gasteiger partial charge in [0.2, 0.25) is 5.91 Å². The smallest absolute Gasteiger partial charge is 0.309 e. The van der Waals surface area contributed by atoms with Crippen LogP contribution >= 0.6 is 0 Å². The van der Waals surface area contributed by atoms with E-state index in [-0.39, 0.29) is 23.8 Å². The number of rotatable bonds is 6. The van der Waals surface area contributed by atoms with Crippen molar-refractivity contribution in [1.82, 2.24) is 10.2 Å². The minimum Gasteiger partial charge on any atom is -0.466 e. The molecule has 1 N–H and O–H groups in total. The summed E-state index contributed by atoms with van der Waals surface area (Å²) in [6.45, 7) is 6.14. The quantitative estimate of drug-likeness (QED) is 0.817. The Labute approximate surface area is 138 Å². The van der Waals surface area contributed by atoms with Crippen molar-refractivity contribution in [3.8, 4) is 0 Å². The molecule has 0 radical (unpaired) electrons. The van der Waals surface area contributed by atoms with Crippen LogP contribution < -0.4 is 5.32 Å². The Balaban J connectivity index is 1.73. The molecule has 23 heavy (non-hydrogen) atoms. The van der Waals surface area contributed by atoms with E-state index in [4.69, 9.17) is 4.74 Å². The van der Waals surface area contributed by atoms with Gasteiger partial charge in [-0.2, -0.15) is 0 Å². The molecule has 1 aromatic carbocycles. The summed E-state index contributed by atoms with van der Waals surface area (Å²) in [7, 11) is 0. The molecule has 1 aromatic rings. The van der Waals surface area contributed by atoms with Crippen molar-refractivity contribution < 1.29 is 14.3 Å². The monoisotopic (exact) mass is 318 g/mol. The molecule has 0 spiro atoms. The zero-order chi connectivity index (χ0) is 16.7. The molecule has 1 saturated heterocycles. The highest BCUT2D eigenvalue weighted by molar-refractivity contribution is 5.78. The predicted molar refractivity (Wildman–Crippen MR) is 88.8 cm³/mol. The number of hydrogen-bond acceptors (Lipinski definition) is 4. The van der Waals surface area contributed by atoms with Gasteiger partial charge in [0.05, 0.1) is 25.1 Å². The van der Waals surface area contributed by atoms with Crippen LogP contribution in [0.25, 0.3) is 0 Å². The number of benzene rings is 1. The number of nitrogens with one attached hydrogen (secondary N) is 1. The molecule has 0 aliphatic carbocycles. The molecule has 1 aliphatic heterocycles. The fraction of sp³-hybridized carbons (Fsp3) is 0.556. The normalized spacial score (nSPS) is 17.5. The maximum atomic E-state index is 12.2. The van der Waals surface area contributed by atoms with Gasteiger partial charge in [0.25, 0.3) is 0 Å². The van der Waals surface area contributed by atoms with Crippen molar-refractivity contribution in [2.75, 3.05) is 26.2 Å². The van der Waals surface area contributed by atoms with E-state index in [1.807, 2.05) is 44.2 Å². The van der Waals surface area contributed by atoms with Gasteiger partial charge in [-0.3, -0.25) is 14.5 Å². The van der Waals surface area contributed by atoms with Crippen LogP contribution in [-0.4, -0.2) is 43.0 Å². The molecule has 5 nitrogen and oxygen atoms in total. The van der Waals surface area contributed by atoms with E-state index in [0.717, 1.165) is 31.5 Å². The number of hydrogen-bond donors (Lipinski definition) is 1. The van der Waals surface area contributed by atoms with Gasteiger partial charge >= 0.3 is 5.97 Å². The van der Waals surface area contributed by atoms with Crippen molar-refractivity contribution in [3.05, 3.63) is 35.9 Å². The molecular formula is C18H26N2O3. The molecule has 1 fully saturated rings. The molecule has 126 valence electrons. The number of ether oxygens (including phenoxy) is 1. The number of piperidine rings is 1. The highest BCUT2D eigenvalue weighted by atomic mass is 16.5. The van der Waals surface area contributed by atoms with Crippen LogP contribution in [0.15, 0.2) is 30.3 Å². The van der Waals surface area contributed by atoms with Gasteiger partial charge in [0, 0.05) is 0 Å². The molecule has 1 amide bonds. The lowest BCUT2D eigenvalue weighted by molar-refractivity contribution is -0.149. The van der Waals surface area contributed by atoms with Crippen LogP contribution in [0, 0.1) is 5.92 Å². The lowest BCUT2D eigenvalue weighted by atomic mass is 9.97. The maximum absolute atomic E-state index is 12.2. The van der Waals surface area contributed by atoms with Crippen LogP contribution in [0.2, 0.25) is 0 Å². The first kappa shape index (κ1) is 17.5. The number of nitrogens with zero attached hydrogens (tertiary/aromatic N) is 1. The fourth-order valence-corrected chi connectivity index (χ4v) is 2.90. The minimum atomic E-state index is -0.102. The molecule has 0 bridgehead atoms. The summed E-state index contributed by atoms with van der Waals surface area (Å²) in [4.78, 5) is 26.0. The van der Waals surface area contributed by atoms with Gasteiger partial charge in [-0.1, -0.05) is 30.3 Å². The van der Waals surface area contributed by atoms with E-state index in [1.54, 1.807) is 0 Å². The first-order chi connectivity index (χ1) is 11.1. The lowest BCUT2D eigenvalue weighted by Crippen LogP contribution is -2.43. The van der Waals surface area contributed by atoms with E-state index >= 15 is 0 Å². The van der Waals surface area contributed by atoms with Gasteiger partial charge in [-0.25, -0.2) is 0 Å². The third-order valence-corrected chi connectivity index (χ3v) is 4.25. The summed E-state index contributed by atoms with van der Waals surface area (Å²) < 4.78 is 5.06. The summed E-state index contributed by atoms with van der Waals surface area (Å²) in [5.74, 6) is -0.0947. The standard InChI is InChI=1S/C18H26N2O3/c1-3-23-18(22)16-9-11-20(12-10-16)13-17(21)19-14(2)15-7-5-4-6-8-15/h4-8,14,16H,3,9-13H2,1-2H3,(H,19,21). The van der Waals surface area contributed by atoms with Gasteiger partial charge < -0.3 is 10.1 Å². The number of amides is 1. The fourth-order valence-electron chi connectivity index (χ4n) is 2.90. The van der Waals surface area contributed by atoms with Crippen molar-refractivity contribution in [3.63, 3.8) is 0 Å². The van der Waals surface area contributed by atoms with Crippen LogP contribution in [0.1, 0.15) is 38.3 Å². The number of carbonyl (C=O) groups is 2. The van der Waals surface area contributed by atoms with Crippen LogP contribution in [0.5, 0.6) is 0 Å². The maximum Gasteiger partial charge on any atom is 0.309 e. The average molecular weight is 318 g/mol. The topological polar surface area (TPSA) is 58.6 Å². The Hall–Kier alpha value is -1.88. The molecule has 1 aliphatic rings. The largest absolute Gasteiger partial charge is 0.466 e. The van der Waals surface area contributed by atoms with Gasteiger partial charge in [0.1, 0.15) is 0 Å². The average Bonchev–Trinajstić information content (AvgIpc) is 2.56. The second-order valence-electron chi connectivity index (χ2n) is 6.00. The lowest BCUT2D eigenvalue weighted by Gasteiger charge is -2.30. The summed E-state index contributed by atoms with van der Waals surface area (Å²) in [5.41, 5.74) is 1.10. The van der Waals surface area contributed by atoms with Gasteiger partial charge in [-0.05, 0) is 45.3 Å². The Kier molecular flexibility index (Phi) is 6.59. The second-order valence-corrected chi connectivity index (χ2v) is 6.00. The summed E-state index contributed by atoms with van der Waals surface area (Å²) in [6.07, 6.45) is 1.53. The first-order valence-electron chi connectivity index (χ1n) is 8.33. The van der Waals surface area contributed by atoms with Crippen molar-refractivity contribution >= 4 is 11.9 Å². The molecule has 0 saturated carbocycles. The van der Waals surface area contributed by atoms with Crippen molar-refractivity contribution in [2.24, 2.45) is 5.92 Å². The highest BCUT2D eigenvalue weighted by Crippen LogP contribution is 2.18. The van der Waals surface area contributed by atoms with Crippen molar-refractivity contribution in [2.45, 2.75) is 32.7 Å². The SMILES string of the molecule is CCOC(=O)C1CCN(CC(=O)NC(C)c2ccccc2)CC1. The predicted octanol–water partition coefficient (Wildman–Crippen LogP) is 2.14. The number of esters is 1. The number of likely N-dealkylation sites (tertiary alicyclic amines) is 1. The Bertz CT molecular complexity index is 510. The molecular weight excluding hydrogens is 292 g/mol. The van der Waals surface area contributed by atoms with E-state index in [9.17, 15) is 9.59 Å². The molecule has 0 aromatic heterocycles. The van der Waals surface area contributed by atoms with Gasteiger partial charge in [0.15, 0.2) is 0 Å². The molecule has 2 rings (SSSR count). The van der Waals surface area contributed by atoms with E-state index in [1.165, 1.54) is 0 Å².